The van der Waals surface area contributed by atoms with Gasteiger partial charge in [0, 0.05) is 54.1 Å². The summed E-state index contributed by atoms with van der Waals surface area (Å²) in [4.78, 5) is 16.0. The summed E-state index contributed by atoms with van der Waals surface area (Å²) in [5, 5.41) is 2.86. The lowest BCUT2D eigenvalue weighted by Crippen LogP contribution is -2.47. The van der Waals surface area contributed by atoms with Crippen LogP contribution in [-0.4, -0.2) is 43.4 Å². The fourth-order valence-electron chi connectivity index (χ4n) is 3.89. The van der Waals surface area contributed by atoms with Crippen LogP contribution in [0.2, 0.25) is 0 Å². The van der Waals surface area contributed by atoms with E-state index in [4.69, 9.17) is 0 Å². The van der Waals surface area contributed by atoms with Gasteiger partial charge in [0.15, 0.2) is 0 Å². The molecule has 0 amide bonds. The molecule has 1 aromatic heterocycles. The molecule has 2 aliphatic rings. The minimum absolute atomic E-state index is 0.261. The van der Waals surface area contributed by atoms with E-state index in [1.54, 1.807) is 13.0 Å². The molecule has 0 radical (unpaired) electrons. The number of hydrogen-bond acceptors (Lipinski definition) is 4. The van der Waals surface area contributed by atoms with Crippen molar-refractivity contribution < 1.29 is 18.0 Å². The molecular weight excluding hydrogens is 361 g/mol. The van der Waals surface area contributed by atoms with E-state index in [0.717, 1.165) is 50.2 Å². The van der Waals surface area contributed by atoms with Gasteiger partial charge in [0.25, 0.3) is 0 Å². The van der Waals surface area contributed by atoms with Gasteiger partial charge >= 0.3 is 6.18 Å². The lowest BCUT2D eigenvalue weighted by molar-refractivity contribution is -0.137. The summed E-state index contributed by atoms with van der Waals surface area (Å²) in [7, 11) is 0. The maximum absolute atomic E-state index is 12.9. The van der Waals surface area contributed by atoms with Crippen molar-refractivity contribution in [1.82, 2.24) is 4.90 Å². The molecule has 4 rings (SSSR count). The first-order valence-corrected chi connectivity index (χ1v) is 9.77. The molecule has 2 atom stereocenters. The van der Waals surface area contributed by atoms with Crippen molar-refractivity contribution in [3.05, 3.63) is 29.1 Å². The average molecular weight is 382 g/mol. The highest BCUT2D eigenvalue weighted by Gasteiger charge is 2.41. The SMILES string of the molecule is CC(=O)[C@@H]1CC1CN1CCN(c2csc3cc(C(F)(F)F)ccc23)CC1. The zero-order chi connectivity index (χ0) is 18.5. The number of fused-ring (bicyclic) bond motifs is 1. The highest BCUT2D eigenvalue weighted by Crippen LogP contribution is 2.40. The van der Waals surface area contributed by atoms with Crippen LogP contribution < -0.4 is 4.90 Å². The Morgan fingerprint density at radius 1 is 1.23 bits per heavy atom. The first kappa shape index (κ1) is 17.8. The predicted octanol–water partition coefficient (Wildman–Crippen LogP) is 4.27. The van der Waals surface area contributed by atoms with Crippen molar-refractivity contribution in [1.29, 1.82) is 0 Å². The molecular formula is C19H21F3N2OS. The molecule has 0 N–H and O–H groups in total. The molecule has 1 unspecified atom stereocenters. The number of Topliss-reactive ketones (excluding diaryl/α,β-unsaturated/α-hetero) is 1. The Bertz CT molecular complexity index is 824. The van der Waals surface area contributed by atoms with E-state index in [-0.39, 0.29) is 5.92 Å². The molecule has 7 heteroatoms. The Morgan fingerprint density at radius 2 is 1.96 bits per heavy atom. The summed E-state index contributed by atoms with van der Waals surface area (Å²) < 4.78 is 39.3. The second-order valence-corrected chi connectivity index (χ2v) is 8.24. The number of carbonyl (C=O) groups is 1. The molecule has 1 saturated heterocycles. The highest BCUT2D eigenvalue weighted by molar-refractivity contribution is 7.17. The van der Waals surface area contributed by atoms with Gasteiger partial charge in [0.2, 0.25) is 0 Å². The van der Waals surface area contributed by atoms with Crippen molar-refractivity contribution in [2.24, 2.45) is 11.8 Å². The van der Waals surface area contributed by atoms with E-state index < -0.39 is 11.7 Å². The van der Waals surface area contributed by atoms with Crippen LogP contribution in [0.5, 0.6) is 0 Å². The first-order chi connectivity index (χ1) is 12.3. The monoisotopic (exact) mass is 382 g/mol. The van der Waals surface area contributed by atoms with E-state index in [2.05, 4.69) is 9.80 Å². The third kappa shape index (κ3) is 3.47. The number of ketones is 1. The number of rotatable bonds is 4. The molecule has 140 valence electrons. The number of hydrogen-bond donors (Lipinski definition) is 0. The Hall–Kier alpha value is -1.60. The topological polar surface area (TPSA) is 23.6 Å². The van der Waals surface area contributed by atoms with Gasteiger partial charge in [-0.25, -0.2) is 0 Å². The Morgan fingerprint density at radius 3 is 2.58 bits per heavy atom. The third-order valence-electron chi connectivity index (χ3n) is 5.53. The molecule has 2 fully saturated rings. The Balaban J connectivity index is 1.41. The van der Waals surface area contributed by atoms with Crippen molar-refractivity contribution in [2.75, 3.05) is 37.6 Å². The lowest BCUT2D eigenvalue weighted by atomic mass is 10.1. The highest BCUT2D eigenvalue weighted by atomic mass is 32.1. The number of benzene rings is 1. The van der Waals surface area contributed by atoms with E-state index in [0.29, 0.717) is 16.4 Å². The summed E-state index contributed by atoms with van der Waals surface area (Å²) in [6.45, 7) is 6.25. The Kier molecular flexibility index (Phi) is 4.47. The molecule has 1 aliphatic heterocycles. The van der Waals surface area contributed by atoms with E-state index in [1.807, 2.05) is 5.38 Å². The number of anilines is 1. The molecule has 2 aromatic rings. The molecule has 1 aromatic carbocycles. The van der Waals surface area contributed by atoms with E-state index in [9.17, 15) is 18.0 Å². The minimum Gasteiger partial charge on any atom is -0.368 e. The van der Waals surface area contributed by atoms with Crippen LogP contribution in [-0.2, 0) is 11.0 Å². The lowest BCUT2D eigenvalue weighted by Gasteiger charge is -2.36. The maximum Gasteiger partial charge on any atom is 0.416 e. The zero-order valence-corrected chi connectivity index (χ0v) is 15.4. The minimum atomic E-state index is -4.30. The molecule has 1 aliphatic carbocycles. The molecule has 0 spiro atoms. The van der Waals surface area contributed by atoms with Gasteiger partial charge in [-0.2, -0.15) is 13.2 Å². The van der Waals surface area contributed by atoms with Gasteiger partial charge in [-0.1, -0.05) is 6.07 Å². The normalized spacial score (nSPS) is 24.2. The van der Waals surface area contributed by atoms with Gasteiger partial charge in [0.1, 0.15) is 5.78 Å². The zero-order valence-electron chi connectivity index (χ0n) is 14.6. The summed E-state index contributed by atoms with van der Waals surface area (Å²) in [5.41, 5.74) is 0.444. The van der Waals surface area contributed by atoms with Crippen LogP contribution in [0.3, 0.4) is 0 Å². The largest absolute Gasteiger partial charge is 0.416 e. The number of thiophene rings is 1. The second-order valence-electron chi connectivity index (χ2n) is 7.33. The maximum atomic E-state index is 12.9. The molecule has 1 saturated carbocycles. The van der Waals surface area contributed by atoms with Crippen molar-refractivity contribution in [2.45, 2.75) is 19.5 Å². The average Bonchev–Trinajstić information content (AvgIpc) is 3.23. The van der Waals surface area contributed by atoms with Gasteiger partial charge in [-0.3, -0.25) is 9.69 Å². The molecule has 3 nitrogen and oxygen atoms in total. The van der Waals surface area contributed by atoms with Crippen LogP contribution >= 0.6 is 11.3 Å². The number of piperazine rings is 1. The Labute approximate surface area is 154 Å². The number of alkyl halides is 3. The van der Waals surface area contributed by atoms with Crippen LogP contribution in [0.25, 0.3) is 10.1 Å². The summed E-state index contributed by atoms with van der Waals surface area (Å²) in [6, 6.07) is 4.01. The molecule has 26 heavy (non-hydrogen) atoms. The van der Waals surface area contributed by atoms with Crippen molar-refractivity contribution >= 4 is 32.9 Å². The number of halogens is 3. The summed E-state index contributed by atoms with van der Waals surface area (Å²) in [5.74, 6) is 1.08. The fraction of sp³-hybridized carbons (Fsp3) is 0.526. The van der Waals surface area contributed by atoms with Gasteiger partial charge in [0.05, 0.1) is 11.3 Å². The summed E-state index contributed by atoms with van der Waals surface area (Å²) >= 11 is 1.37. The fourth-order valence-corrected chi connectivity index (χ4v) is 4.89. The van der Waals surface area contributed by atoms with E-state index in [1.165, 1.54) is 23.5 Å². The predicted molar refractivity (Wildman–Crippen MR) is 97.8 cm³/mol. The molecule has 0 bridgehead atoms. The first-order valence-electron chi connectivity index (χ1n) is 8.89. The standard InChI is InChI=1S/C19H21F3N2OS/c1-12(25)16-8-13(16)10-23-4-6-24(7-5-23)17-11-26-18-9-14(19(20,21)22)2-3-15(17)18/h2-3,9,11,13,16H,4-8,10H2,1H3/t13?,16-/m0/s1. The molecule has 2 heterocycles. The number of nitrogens with zero attached hydrogens (tertiary/aromatic N) is 2. The summed E-state index contributed by atoms with van der Waals surface area (Å²) in [6.07, 6.45) is -3.28. The third-order valence-corrected chi connectivity index (χ3v) is 6.47. The van der Waals surface area contributed by atoms with Crippen LogP contribution in [0.1, 0.15) is 18.9 Å². The smallest absolute Gasteiger partial charge is 0.368 e. The van der Waals surface area contributed by atoms with Gasteiger partial charge < -0.3 is 4.90 Å². The number of carbonyl (C=O) groups excluding carboxylic acids is 1. The van der Waals surface area contributed by atoms with Crippen LogP contribution in [0.4, 0.5) is 18.9 Å². The second kappa shape index (κ2) is 6.53. The van der Waals surface area contributed by atoms with Crippen LogP contribution in [0.15, 0.2) is 23.6 Å². The van der Waals surface area contributed by atoms with Crippen molar-refractivity contribution in [3.63, 3.8) is 0 Å². The van der Waals surface area contributed by atoms with Gasteiger partial charge in [-0.05, 0) is 31.4 Å². The van der Waals surface area contributed by atoms with Gasteiger partial charge in [-0.15, -0.1) is 11.3 Å². The van der Waals surface area contributed by atoms with Crippen LogP contribution in [0, 0.1) is 11.8 Å². The van der Waals surface area contributed by atoms with Crippen molar-refractivity contribution in [3.8, 4) is 0 Å². The van der Waals surface area contributed by atoms with E-state index >= 15 is 0 Å². The quantitative estimate of drug-likeness (QED) is 0.789.